The Morgan fingerprint density at radius 2 is 1.46 bits per heavy atom. The third-order valence-corrected chi connectivity index (χ3v) is 4.05. The van der Waals surface area contributed by atoms with Gasteiger partial charge in [-0.25, -0.2) is 4.98 Å². The first kappa shape index (κ1) is 20.1. The minimum Gasteiger partial charge on any atom is -0.316 e. The van der Waals surface area contributed by atoms with Crippen LogP contribution in [0.2, 0.25) is 0 Å². The molecule has 0 saturated heterocycles. The van der Waals surface area contributed by atoms with Gasteiger partial charge < -0.3 is 5.32 Å². The standard InChI is InChI=1S/C17H16N2S.2C2H6/c1-18-11-13-7-9-14(10-8-13)16-12-20-17(19-16)15-5-3-2-4-6-15;2*1-2/h2-10,12,18H,11H2,1H3;2*1-2H3. The van der Waals surface area contributed by atoms with E-state index in [0.29, 0.717) is 0 Å². The topological polar surface area (TPSA) is 24.9 Å². The number of thiazole rings is 1. The predicted molar refractivity (Wildman–Crippen MR) is 108 cm³/mol. The summed E-state index contributed by atoms with van der Waals surface area (Å²) in [5.41, 5.74) is 4.68. The maximum atomic E-state index is 4.73. The van der Waals surface area contributed by atoms with E-state index >= 15 is 0 Å². The minimum atomic E-state index is 0.895. The Morgan fingerprint density at radius 3 is 2.04 bits per heavy atom. The van der Waals surface area contributed by atoms with Crippen LogP contribution in [-0.2, 0) is 6.54 Å². The average Bonchev–Trinajstić information content (AvgIpc) is 3.17. The Morgan fingerprint density at radius 1 is 0.833 bits per heavy atom. The largest absolute Gasteiger partial charge is 0.316 e. The number of aromatic nitrogens is 1. The summed E-state index contributed by atoms with van der Waals surface area (Å²) in [6.07, 6.45) is 0. The summed E-state index contributed by atoms with van der Waals surface area (Å²) in [7, 11) is 1.96. The zero-order chi connectivity index (χ0) is 17.8. The quantitative estimate of drug-likeness (QED) is 0.607. The average molecular weight is 341 g/mol. The Kier molecular flexibility index (Phi) is 9.66. The van der Waals surface area contributed by atoms with Gasteiger partial charge in [0, 0.05) is 23.1 Å². The molecule has 0 fully saturated rings. The fraction of sp³-hybridized carbons (Fsp3) is 0.286. The normalized spacial score (nSPS) is 9.38. The lowest BCUT2D eigenvalue weighted by molar-refractivity contribution is 0.818. The van der Waals surface area contributed by atoms with Crippen LogP contribution in [0.15, 0.2) is 60.0 Å². The molecule has 0 aliphatic carbocycles. The van der Waals surface area contributed by atoms with Crippen LogP contribution in [0.4, 0.5) is 0 Å². The monoisotopic (exact) mass is 340 g/mol. The summed E-state index contributed by atoms with van der Waals surface area (Å²) in [5, 5.41) is 6.35. The van der Waals surface area contributed by atoms with Gasteiger partial charge in [-0.3, -0.25) is 0 Å². The summed E-state index contributed by atoms with van der Waals surface area (Å²) < 4.78 is 0. The van der Waals surface area contributed by atoms with E-state index in [-0.39, 0.29) is 0 Å². The van der Waals surface area contributed by atoms with Crippen molar-refractivity contribution in [2.24, 2.45) is 0 Å². The number of nitrogens with one attached hydrogen (secondary N) is 1. The van der Waals surface area contributed by atoms with Gasteiger partial charge in [-0.05, 0) is 12.6 Å². The molecule has 1 aromatic heterocycles. The molecule has 2 aromatic carbocycles. The first-order chi connectivity index (χ1) is 11.9. The molecule has 3 aromatic rings. The zero-order valence-electron chi connectivity index (χ0n) is 15.3. The Hall–Kier alpha value is -1.97. The van der Waals surface area contributed by atoms with Crippen molar-refractivity contribution < 1.29 is 0 Å². The van der Waals surface area contributed by atoms with Crippen LogP contribution in [0.3, 0.4) is 0 Å². The SMILES string of the molecule is CC.CC.CNCc1ccc(-c2csc(-c3ccccc3)n2)cc1. The second-order valence-corrected chi connectivity index (χ2v) is 5.49. The molecule has 0 saturated carbocycles. The summed E-state index contributed by atoms with van der Waals surface area (Å²) in [6, 6.07) is 18.9. The maximum Gasteiger partial charge on any atom is 0.124 e. The van der Waals surface area contributed by atoms with Crippen molar-refractivity contribution in [3.8, 4) is 21.8 Å². The molecule has 0 atom stereocenters. The highest BCUT2D eigenvalue weighted by atomic mass is 32.1. The van der Waals surface area contributed by atoms with E-state index in [0.717, 1.165) is 17.2 Å². The molecule has 0 radical (unpaired) electrons. The maximum absolute atomic E-state index is 4.73. The molecule has 0 bridgehead atoms. The van der Waals surface area contributed by atoms with Crippen LogP contribution in [0, 0.1) is 0 Å². The van der Waals surface area contributed by atoms with Gasteiger partial charge in [0.05, 0.1) is 5.69 Å². The predicted octanol–water partition coefficient (Wildman–Crippen LogP) is 6.25. The highest BCUT2D eigenvalue weighted by molar-refractivity contribution is 7.13. The molecular formula is C21H28N2S. The van der Waals surface area contributed by atoms with Crippen molar-refractivity contribution >= 4 is 11.3 Å². The lowest BCUT2D eigenvalue weighted by Crippen LogP contribution is -2.04. The van der Waals surface area contributed by atoms with Gasteiger partial charge in [0.1, 0.15) is 5.01 Å². The Bertz CT molecular complexity index is 673. The fourth-order valence-electron chi connectivity index (χ4n) is 2.12. The third kappa shape index (κ3) is 5.59. The van der Waals surface area contributed by atoms with E-state index < -0.39 is 0 Å². The number of hydrogen-bond donors (Lipinski definition) is 1. The number of nitrogens with zero attached hydrogens (tertiary/aromatic N) is 1. The molecule has 0 aliphatic heterocycles. The van der Waals surface area contributed by atoms with Gasteiger partial charge >= 0.3 is 0 Å². The molecule has 24 heavy (non-hydrogen) atoms. The molecular weight excluding hydrogens is 312 g/mol. The number of benzene rings is 2. The van der Waals surface area contributed by atoms with E-state index in [2.05, 4.69) is 47.1 Å². The van der Waals surface area contributed by atoms with Gasteiger partial charge in [0.15, 0.2) is 0 Å². The summed E-state index contributed by atoms with van der Waals surface area (Å²) >= 11 is 1.69. The molecule has 1 heterocycles. The molecule has 3 heteroatoms. The molecule has 1 N–H and O–H groups in total. The van der Waals surface area contributed by atoms with Crippen molar-refractivity contribution in [1.82, 2.24) is 10.3 Å². The first-order valence-corrected chi connectivity index (χ1v) is 9.49. The van der Waals surface area contributed by atoms with Crippen molar-refractivity contribution in [3.63, 3.8) is 0 Å². The first-order valence-electron chi connectivity index (χ1n) is 8.61. The van der Waals surface area contributed by atoms with E-state index in [1.165, 1.54) is 16.7 Å². The summed E-state index contributed by atoms with van der Waals surface area (Å²) in [5.74, 6) is 0. The molecule has 0 unspecified atom stereocenters. The fourth-order valence-corrected chi connectivity index (χ4v) is 2.95. The van der Waals surface area contributed by atoms with Crippen molar-refractivity contribution in [2.45, 2.75) is 34.2 Å². The van der Waals surface area contributed by atoms with E-state index in [1.54, 1.807) is 11.3 Å². The van der Waals surface area contributed by atoms with Crippen LogP contribution < -0.4 is 5.32 Å². The molecule has 0 spiro atoms. The van der Waals surface area contributed by atoms with Crippen molar-refractivity contribution in [3.05, 3.63) is 65.5 Å². The number of rotatable bonds is 4. The van der Waals surface area contributed by atoms with E-state index in [1.807, 2.05) is 52.9 Å². The molecule has 3 rings (SSSR count). The third-order valence-electron chi connectivity index (χ3n) is 3.16. The Balaban J connectivity index is 0.000000671. The Labute approximate surface area is 150 Å². The highest BCUT2D eigenvalue weighted by Crippen LogP contribution is 2.28. The zero-order valence-corrected chi connectivity index (χ0v) is 16.2. The summed E-state index contributed by atoms with van der Waals surface area (Å²) in [4.78, 5) is 4.73. The van der Waals surface area contributed by atoms with Gasteiger partial charge in [-0.2, -0.15) is 0 Å². The van der Waals surface area contributed by atoms with Crippen molar-refractivity contribution in [1.29, 1.82) is 0 Å². The summed E-state index contributed by atoms with van der Waals surface area (Å²) in [6.45, 7) is 8.90. The lowest BCUT2D eigenvalue weighted by atomic mass is 10.1. The van der Waals surface area contributed by atoms with Crippen LogP contribution in [0.1, 0.15) is 33.3 Å². The van der Waals surface area contributed by atoms with Crippen LogP contribution in [-0.4, -0.2) is 12.0 Å². The van der Waals surface area contributed by atoms with Gasteiger partial charge in [0.2, 0.25) is 0 Å². The lowest BCUT2D eigenvalue weighted by Gasteiger charge is -2.01. The molecule has 2 nitrogen and oxygen atoms in total. The van der Waals surface area contributed by atoms with Crippen molar-refractivity contribution in [2.75, 3.05) is 7.05 Å². The van der Waals surface area contributed by atoms with Crippen LogP contribution in [0.25, 0.3) is 21.8 Å². The van der Waals surface area contributed by atoms with E-state index in [9.17, 15) is 0 Å². The number of hydrogen-bond acceptors (Lipinski definition) is 3. The van der Waals surface area contributed by atoms with Gasteiger partial charge in [-0.15, -0.1) is 11.3 Å². The molecule has 0 aliphatic rings. The molecule has 0 amide bonds. The molecule has 128 valence electrons. The smallest absolute Gasteiger partial charge is 0.124 e. The van der Waals surface area contributed by atoms with Gasteiger partial charge in [-0.1, -0.05) is 82.3 Å². The highest BCUT2D eigenvalue weighted by Gasteiger charge is 2.06. The van der Waals surface area contributed by atoms with E-state index in [4.69, 9.17) is 4.98 Å². The van der Waals surface area contributed by atoms with Gasteiger partial charge in [0.25, 0.3) is 0 Å². The second-order valence-electron chi connectivity index (χ2n) is 4.63. The van der Waals surface area contributed by atoms with Crippen LogP contribution in [0.5, 0.6) is 0 Å². The van der Waals surface area contributed by atoms with Crippen LogP contribution >= 0.6 is 11.3 Å². The second kappa shape index (κ2) is 11.5. The minimum absolute atomic E-state index is 0.895.